The average molecular weight is 162 g/mol. The van der Waals surface area contributed by atoms with Crippen LogP contribution in [0.15, 0.2) is 36.1 Å². The van der Waals surface area contributed by atoms with Crippen LogP contribution >= 0.6 is 0 Å². The lowest BCUT2D eigenvalue weighted by Crippen LogP contribution is -2.40. The Bertz CT molecular complexity index is 238. The topological polar surface area (TPSA) is 24.1 Å². The predicted molar refractivity (Wildman–Crippen MR) is 50.2 cm³/mol. The van der Waals surface area contributed by atoms with Crippen molar-refractivity contribution in [3.63, 3.8) is 0 Å². The third-order valence-electron chi connectivity index (χ3n) is 2.35. The van der Waals surface area contributed by atoms with Crippen LogP contribution in [-0.4, -0.2) is 6.54 Å². The Morgan fingerprint density at radius 2 is 2.25 bits per heavy atom. The largest absolute Gasteiger partial charge is 0.325 e. The van der Waals surface area contributed by atoms with E-state index in [1.54, 1.807) is 0 Å². The second kappa shape index (κ2) is 3.59. The molecule has 12 heavy (non-hydrogen) atoms. The lowest BCUT2D eigenvalue weighted by atomic mass is 9.94. The summed E-state index contributed by atoms with van der Waals surface area (Å²) in [5.74, 6) is 0.687. The number of nitrogens with one attached hydrogen (secondary N) is 2. The van der Waals surface area contributed by atoms with Crippen LogP contribution in [0, 0.1) is 5.92 Å². The summed E-state index contributed by atoms with van der Waals surface area (Å²) in [6, 6.07) is 0. The summed E-state index contributed by atoms with van der Waals surface area (Å²) < 4.78 is 0. The van der Waals surface area contributed by atoms with Crippen molar-refractivity contribution in [2.24, 2.45) is 5.92 Å². The van der Waals surface area contributed by atoms with Crippen LogP contribution in [0.2, 0.25) is 0 Å². The second-order valence-electron chi connectivity index (χ2n) is 3.21. The molecule has 2 heteroatoms. The molecule has 2 nitrogen and oxygen atoms in total. The van der Waals surface area contributed by atoms with E-state index in [4.69, 9.17) is 0 Å². The molecule has 2 aliphatic rings. The molecule has 1 unspecified atom stereocenters. The summed E-state index contributed by atoms with van der Waals surface area (Å²) in [4.78, 5) is 0. The lowest BCUT2D eigenvalue weighted by Gasteiger charge is -2.27. The number of allylic oxidation sites excluding steroid dienone is 6. The van der Waals surface area contributed by atoms with Crippen molar-refractivity contribution in [3.05, 3.63) is 36.1 Å². The number of hydrazine groups is 1. The summed E-state index contributed by atoms with van der Waals surface area (Å²) in [6.07, 6.45) is 13.1. The molecular weight excluding hydrogens is 148 g/mol. The minimum atomic E-state index is 0.687. The molecule has 1 aliphatic carbocycles. The molecule has 2 N–H and O–H groups in total. The van der Waals surface area contributed by atoms with Gasteiger partial charge in [0.05, 0.1) is 0 Å². The van der Waals surface area contributed by atoms with Gasteiger partial charge < -0.3 is 5.43 Å². The predicted octanol–water partition coefficient (Wildman–Crippen LogP) is 1.50. The molecule has 0 spiro atoms. The first-order valence-electron chi connectivity index (χ1n) is 4.49. The van der Waals surface area contributed by atoms with Crippen molar-refractivity contribution in [2.75, 3.05) is 6.54 Å². The van der Waals surface area contributed by atoms with E-state index in [1.807, 2.05) is 0 Å². The monoisotopic (exact) mass is 162 g/mol. The second-order valence-corrected chi connectivity index (χ2v) is 3.21. The van der Waals surface area contributed by atoms with Crippen molar-refractivity contribution >= 4 is 0 Å². The summed E-state index contributed by atoms with van der Waals surface area (Å²) in [7, 11) is 0. The van der Waals surface area contributed by atoms with Crippen LogP contribution in [0.4, 0.5) is 0 Å². The summed E-state index contributed by atoms with van der Waals surface area (Å²) >= 11 is 0. The Morgan fingerprint density at radius 1 is 1.25 bits per heavy atom. The van der Waals surface area contributed by atoms with E-state index < -0.39 is 0 Å². The van der Waals surface area contributed by atoms with Crippen LogP contribution in [-0.2, 0) is 0 Å². The maximum Gasteiger partial charge on any atom is 0.0296 e. The molecule has 1 saturated heterocycles. The molecule has 0 amide bonds. The molecule has 2 rings (SSSR count). The molecule has 1 aliphatic heterocycles. The molecule has 0 aromatic rings. The quantitative estimate of drug-likeness (QED) is 0.564. The number of hydrogen-bond donors (Lipinski definition) is 2. The molecule has 1 fully saturated rings. The standard InChI is InChI=1S/C10H14N2/c1-2-4-6-10-9(5-3-1)7-8-11-12-10/h1-4,6,9,11-12H,5,7-8H2/b3-1-,4-2-,10-6+. The smallest absolute Gasteiger partial charge is 0.0296 e. The van der Waals surface area contributed by atoms with Gasteiger partial charge in [0.15, 0.2) is 0 Å². The molecule has 0 saturated carbocycles. The first kappa shape index (κ1) is 7.62. The number of rotatable bonds is 0. The molecule has 1 heterocycles. The number of hydrogen-bond acceptors (Lipinski definition) is 2. The molecule has 1 atom stereocenters. The van der Waals surface area contributed by atoms with Gasteiger partial charge in [-0.2, -0.15) is 0 Å². The van der Waals surface area contributed by atoms with E-state index in [9.17, 15) is 0 Å². The normalized spacial score (nSPS) is 37.7. The van der Waals surface area contributed by atoms with E-state index in [2.05, 4.69) is 41.2 Å². The van der Waals surface area contributed by atoms with Gasteiger partial charge in [-0.3, -0.25) is 0 Å². The molecule has 0 aromatic carbocycles. The molecule has 0 bridgehead atoms. The highest BCUT2D eigenvalue weighted by atomic mass is 15.4. The van der Waals surface area contributed by atoms with Gasteiger partial charge in [0.25, 0.3) is 0 Å². The van der Waals surface area contributed by atoms with Crippen molar-refractivity contribution in [1.82, 2.24) is 10.9 Å². The van der Waals surface area contributed by atoms with Gasteiger partial charge in [-0.15, -0.1) is 0 Å². The van der Waals surface area contributed by atoms with Crippen LogP contribution in [0.3, 0.4) is 0 Å². The van der Waals surface area contributed by atoms with E-state index in [-0.39, 0.29) is 0 Å². The van der Waals surface area contributed by atoms with Gasteiger partial charge >= 0.3 is 0 Å². The zero-order chi connectivity index (χ0) is 8.23. The first-order valence-corrected chi connectivity index (χ1v) is 4.49. The first-order chi connectivity index (χ1) is 5.97. The van der Waals surface area contributed by atoms with Crippen LogP contribution in [0.25, 0.3) is 0 Å². The van der Waals surface area contributed by atoms with E-state index in [1.165, 1.54) is 12.1 Å². The SMILES string of the molecule is C1=C\C=C2\NNCCC2C\C=C/1. The Kier molecular flexibility index (Phi) is 2.28. The van der Waals surface area contributed by atoms with Gasteiger partial charge in [0.2, 0.25) is 0 Å². The molecule has 64 valence electrons. The highest BCUT2D eigenvalue weighted by molar-refractivity contribution is 5.21. The average Bonchev–Trinajstić information content (AvgIpc) is 2.06. The van der Waals surface area contributed by atoms with E-state index in [0.717, 1.165) is 13.0 Å². The zero-order valence-electron chi connectivity index (χ0n) is 7.09. The van der Waals surface area contributed by atoms with Crippen molar-refractivity contribution in [1.29, 1.82) is 0 Å². The Hall–Kier alpha value is -1.02. The van der Waals surface area contributed by atoms with Crippen LogP contribution in [0.5, 0.6) is 0 Å². The lowest BCUT2D eigenvalue weighted by molar-refractivity contribution is 0.401. The minimum absolute atomic E-state index is 0.687. The Balaban J connectivity index is 2.16. The van der Waals surface area contributed by atoms with Crippen LogP contribution < -0.4 is 10.9 Å². The summed E-state index contributed by atoms with van der Waals surface area (Å²) in [5.41, 5.74) is 7.69. The number of fused-ring (bicyclic) bond motifs is 1. The van der Waals surface area contributed by atoms with Gasteiger partial charge in [0, 0.05) is 18.2 Å². The van der Waals surface area contributed by atoms with Gasteiger partial charge in [-0.1, -0.05) is 24.3 Å². The van der Waals surface area contributed by atoms with E-state index in [0.29, 0.717) is 5.92 Å². The van der Waals surface area contributed by atoms with Gasteiger partial charge in [0.1, 0.15) is 0 Å². The Morgan fingerprint density at radius 3 is 3.25 bits per heavy atom. The fourth-order valence-electron chi connectivity index (χ4n) is 1.64. The summed E-state index contributed by atoms with van der Waals surface area (Å²) in [6.45, 7) is 1.07. The van der Waals surface area contributed by atoms with Crippen molar-refractivity contribution < 1.29 is 0 Å². The molecule has 0 radical (unpaired) electrons. The highest BCUT2D eigenvalue weighted by Gasteiger charge is 2.16. The maximum atomic E-state index is 3.21. The van der Waals surface area contributed by atoms with Gasteiger partial charge in [-0.25, -0.2) is 5.43 Å². The summed E-state index contributed by atoms with van der Waals surface area (Å²) in [5, 5.41) is 0. The zero-order valence-corrected chi connectivity index (χ0v) is 7.09. The van der Waals surface area contributed by atoms with E-state index >= 15 is 0 Å². The molecular formula is C10H14N2. The third-order valence-corrected chi connectivity index (χ3v) is 2.35. The third kappa shape index (κ3) is 1.59. The van der Waals surface area contributed by atoms with Crippen molar-refractivity contribution in [3.8, 4) is 0 Å². The fourth-order valence-corrected chi connectivity index (χ4v) is 1.64. The van der Waals surface area contributed by atoms with Gasteiger partial charge in [-0.05, 0) is 18.9 Å². The molecule has 0 aromatic heterocycles. The minimum Gasteiger partial charge on any atom is -0.325 e. The Labute approximate surface area is 73.0 Å². The maximum absolute atomic E-state index is 3.21. The van der Waals surface area contributed by atoms with Crippen molar-refractivity contribution in [2.45, 2.75) is 12.8 Å². The fraction of sp³-hybridized carbons (Fsp3) is 0.400. The van der Waals surface area contributed by atoms with Crippen LogP contribution in [0.1, 0.15) is 12.8 Å². The highest BCUT2D eigenvalue weighted by Crippen LogP contribution is 2.20.